The number of rotatable bonds is 6. The molecule has 5 atom stereocenters. The minimum atomic E-state index is -5.90. The number of aromatic nitrogens is 1. The third kappa shape index (κ3) is 4.80. The molecule has 0 radical (unpaired) electrons. The summed E-state index contributed by atoms with van der Waals surface area (Å²) in [6.07, 6.45) is 0.922. The molecule has 2 N–H and O–H groups in total. The number of carbonyl (C=O) groups is 2. The standard InChI is InChI=1S/C34H35F5N2O3/c1-31-18-27(21-4-6-22(7-5-21)30(43)41-16-13-20-3-2-15-40-19-20)29-25-11-9-24(42)17-23(25)8-10-26(29)28(31)12-14-32(31,44)33(35,36)34(37,38)39/h2-7,15,17,19,26-28,44H,8-14,16,18H2,1H3,(H,41,43)/t26?,27-,28+,31?,32+/m1/s1. The second-order valence-electron chi connectivity index (χ2n) is 13.0. The van der Waals surface area contributed by atoms with Crippen molar-refractivity contribution in [1.29, 1.82) is 0 Å². The number of nitrogens with zero attached hydrogens (tertiary/aromatic N) is 1. The fourth-order valence-corrected chi connectivity index (χ4v) is 8.55. The van der Waals surface area contributed by atoms with Gasteiger partial charge in [0.25, 0.3) is 5.91 Å². The van der Waals surface area contributed by atoms with E-state index in [2.05, 4.69) is 10.3 Å². The van der Waals surface area contributed by atoms with Gasteiger partial charge in [-0.2, -0.15) is 22.0 Å². The van der Waals surface area contributed by atoms with Crippen LogP contribution < -0.4 is 5.32 Å². The summed E-state index contributed by atoms with van der Waals surface area (Å²) in [5.74, 6) is -6.97. The van der Waals surface area contributed by atoms with Crippen molar-refractivity contribution in [3.8, 4) is 0 Å². The number of alkyl halides is 5. The number of halogens is 5. The maximum atomic E-state index is 15.2. The molecule has 234 valence electrons. The zero-order chi connectivity index (χ0) is 31.5. The van der Waals surface area contributed by atoms with Gasteiger partial charge in [0.2, 0.25) is 0 Å². The van der Waals surface area contributed by atoms with E-state index in [9.17, 15) is 27.9 Å². The number of ketones is 1. The van der Waals surface area contributed by atoms with Crippen LogP contribution in [-0.4, -0.2) is 46.0 Å². The monoisotopic (exact) mass is 614 g/mol. The summed E-state index contributed by atoms with van der Waals surface area (Å²) < 4.78 is 71.7. The van der Waals surface area contributed by atoms with E-state index in [1.807, 2.05) is 12.1 Å². The zero-order valence-corrected chi connectivity index (χ0v) is 24.4. The lowest BCUT2D eigenvalue weighted by molar-refractivity contribution is -0.362. The summed E-state index contributed by atoms with van der Waals surface area (Å²) in [5.41, 5.74) is -0.0174. The van der Waals surface area contributed by atoms with Crippen LogP contribution in [0, 0.1) is 17.3 Å². The molecule has 0 spiro atoms. The van der Waals surface area contributed by atoms with Gasteiger partial charge < -0.3 is 10.4 Å². The molecule has 44 heavy (non-hydrogen) atoms. The summed E-state index contributed by atoms with van der Waals surface area (Å²) in [7, 11) is 0. The van der Waals surface area contributed by atoms with Crippen LogP contribution in [0.15, 0.2) is 71.6 Å². The van der Waals surface area contributed by atoms with Crippen LogP contribution in [0.4, 0.5) is 22.0 Å². The average molecular weight is 615 g/mol. The first-order valence-corrected chi connectivity index (χ1v) is 15.2. The van der Waals surface area contributed by atoms with Crippen LogP contribution in [0.3, 0.4) is 0 Å². The van der Waals surface area contributed by atoms with Gasteiger partial charge in [0.05, 0.1) is 0 Å². The first-order chi connectivity index (χ1) is 20.8. The molecule has 10 heteroatoms. The van der Waals surface area contributed by atoms with E-state index in [1.165, 1.54) is 6.92 Å². The summed E-state index contributed by atoms with van der Waals surface area (Å²) in [4.78, 5) is 29.2. The van der Waals surface area contributed by atoms with Crippen molar-refractivity contribution in [2.24, 2.45) is 17.3 Å². The molecular formula is C34H35F5N2O3. The Bertz CT molecular complexity index is 1520. The fraction of sp³-hybridized carbons (Fsp3) is 0.500. The van der Waals surface area contributed by atoms with Crippen molar-refractivity contribution >= 4 is 11.7 Å². The van der Waals surface area contributed by atoms with Gasteiger partial charge in [0.15, 0.2) is 5.78 Å². The second-order valence-corrected chi connectivity index (χ2v) is 13.0. The number of hydrogen-bond donors (Lipinski definition) is 2. The third-order valence-electron chi connectivity index (χ3n) is 10.8. The van der Waals surface area contributed by atoms with Gasteiger partial charge in [-0.3, -0.25) is 14.6 Å². The van der Waals surface area contributed by atoms with Crippen molar-refractivity contribution in [3.63, 3.8) is 0 Å². The van der Waals surface area contributed by atoms with E-state index >= 15 is 8.78 Å². The lowest BCUT2D eigenvalue weighted by atomic mass is 9.50. The molecule has 6 rings (SSSR count). The minimum Gasteiger partial charge on any atom is -0.383 e. The van der Waals surface area contributed by atoms with Crippen LogP contribution in [0.2, 0.25) is 0 Å². The Morgan fingerprint density at radius 2 is 1.82 bits per heavy atom. The summed E-state index contributed by atoms with van der Waals surface area (Å²) in [6, 6.07) is 10.5. The van der Waals surface area contributed by atoms with E-state index in [0.29, 0.717) is 49.8 Å². The highest BCUT2D eigenvalue weighted by molar-refractivity contribution is 5.94. The molecule has 0 aliphatic heterocycles. The number of hydrogen-bond acceptors (Lipinski definition) is 4. The molecular weight excluding hydrogens is 579 g/mol. The Hall–Kier alpha value is -3.40. The normalized spacial score (nSPS) is 30.3. The van der Waals surface area contributed by atoms with Gasteiger partial charge >= 0.3 is 12.1 Å². The topological polar surface area (TPSA) is 79.3 Å². The maximum Gasteiger partial charge on any atom is 0.456 e. The molecule has 2 unspecified atom stereocenters. The van der Waals surface area contributed by atoms with Crippen LogP contribution in [0.5, 0.6) is 0 Å². The Morgan fingerprint density at radius 1 is 1.07 bits per heavy atom. The Morgan fingerprint density at radius 3 is 2.50 bits per heavy atom. The Balaban J connectivity index is 1.34. The predicted molar refractivity (Wildman–Crippen MR) is 153 cm³/mol. The van der Waals surface area contributed by atoms with Gasteiger partial charge in [0, 0.05) is 42.3 Å². The van der Waals surface area contributed by atoms with Crippen molar-refractivity contribution in [2.75, 3.05) is 6.54 Å². The number of amides is 1. The molecule has 2 aromatic rings. The molecule has 5 nitrogen and oxygen atoms in total. The first-order valence-electron chi connectivity index (χ1n) is 15.2. The highest BCUT2D eigenvalue weighted by atomic mass is 19.4. The predicted octanol–water partition coefficient (Wildman–Crippen LogP) is 6.88. The van der Waals surface area contributed by atoms with E-state index in [0.717, 1.165) is 22.3 Å². The average Bonchev–Trinajstić information content (AvgIpc) is 3.27. The summed E-state index contributed by atoms with van der Waals surface area (Å²) >= 11 is 0. The number of benzene rings is 1. The van der Waals surface area contributed by atoms with Crippen molar-refractivity contribution in [1.82, 2.24) is 10.3 Å². The van der Waals surface area contributed by atoms with Gasteiger partial charge in [0.1, 0.15) is 5.60 Å². The molecule has 4 aliphatic carbocycles. The third-order valence-corrected chi connectivity index (χ3v) is 10.8. The SMILES string of the molecule is CC12C[C@H](c3ccc(C(=O)NCCc4cccnc4)cc3)C3=C4CCC(=O)C=C4CCC3[C@@H]1CC[C@@]2(O)C(F)(F)C(F)(F)F. The van der Waals surface area contributed by atoms with Crippen LogP contribution in [0.25, 0.3) is 0 Å². The molecule has 2 fully saturated rings. The molecule has 1 amide bonds. The Kier molecular flexibility index (Phi) is 7.58. The van der Waals surface area contributed by atoms with Crippen molar-refractivity contribution in [2.45, 2.75) is 81.9 Å². The quantitative estimate of drug-likeness (QED) is 0.348. The van der Waals surface area contributed by atoms with Gasteiger partial charge in [-0.1, -0.05) is 30.7 Å². The molecule has 4 aliphatic rings. The van der Waals surface area contributed by atoms with E-state index in [-0.39, 0.29) is 30.4 Å². The molecule has 1 heterocycles. The summed E-state index contributed by atoms with van der Waals surface area (Å²) in [5, 5.41) is 14.3. The van der Waals surface area contributed by atoms with E-state index < -0.39 is 41.4 Å². The molecule has 0 bridgehead atoms. The first kappa shape index (κ1) is 30.6. The van der Waals surface area contributed by atoms with Gasteiger partial charge in [-0.25, -0.2) is 0 Å². The number of pyridine rings is 1. The number of carbonyl (C=O) groups excluding carboxylic acids is 2. The summed E-state index contributed by atoms with van der Waals surface area (Å²) in [6.45, 7) is 1.80. The van der Waals surface area contributed by atoms with Crippen molar-refractivity contribution in [3.05, 3.63) is 88.3 Å². The van der Waals surface area contributed by atoms with Crippen molar-refractivity contribution < 1.29 is 36.6 Å². The highest BCUT2D eigenvalue weighted by Crippen LogP contribution is 2.70. The number of aliphatic hydroxyl groups is 1. The minimum absolute atomic E-state index is 0.0268. The largest absolute Gasteiger partial charge is 0.456 e. The smallest absolute Gasteiger partial charge is 0.383 e. The molecule has 1 aromatic carbocycles. The van der Waals surface area contributed by atoms with Gasteiger partial charge in [-0.05, 0) is 103 Å². The maximum absolute atomic E-state index is 15.2. The lowest BCUT2D eigenvalue weighted by Gasteiger charge is -2.56. The molecule has 0 saturated heterocycles. The van der Waals surface area contributed by atoms with Crippen LogP contribution in [-0.2, 0) is 11.2 Å². The highest BCUT2D eigenvalue weighted by Gasteiger charge is 2.79. The fourth-order valence-electron chi connectivity index (χ4n) is 8.55. The number of nitrogens with one attached hydrogen (secondary N) is 1. The molecule has 1 aromatic heterocycles. The number of fused-ring (bicyclic) bond motifs is 4. The van der Waals surface area contributed by atoms with Crippen LogP contribution in [0.1, 0.15) is 79.3 Å². The van der Waals surface area contributed by atoms with Gasteiger partial charge in [-0.15, -0.1) is 0 Å². The van der Waals surface area contributed by atoms with E-state index in [4.69, 9.17) is 0 Å². The molecule has 2 saturated carbocycles. The number of allylic oxidation sites excluding steroid dienone is 4. The Labute approximate surface area is 252 Å². The van der Waals surface area contributed by atoms with E-state index in [1.54, 1.807) is 42.7 Å². The lowest BCUT2D eigenvalue weighted by Crippen LogP contribution is -2.65. The second kappa shape index (κ2) is 10.9. The van der Waals surface area contributed by atoms with Crippen LogP contribution >= 0.6 is 0 Å². The zero-order valence-electron chi connectivity index (χ0n) is 24.4.